The van der Waals surface area contributed by atoms with E-state index in [2.05, 4.69) is 47.1 Å². The first-order valence-corrected chi connectivity index (χ1v) is 13.6. The molecular weight excluding hydrogens is 488 g/mol. The van der Waals surface area contributed by atoms with E-state index < -0.39 is 5.97 Å². The zero-order valence-electron chi connectivity index (χ0n) is 20.4. The van der Waals surface area contributed by atoms with E-state index >= 15 is 0 Å². The average molecular weight is 523 g/mol. The van der Waals surface area contributed by atoms with Gasteiger partial charge in [-0.2, -0.15) is 0 Å². The molecule has 36 heavy (non-hydrogen) atoms. The minimum Gasteiger partial charge on any atom is -0.481 e. The highest BCUT2D eigenvalue weighted by Gasteiger charge is 2.47. The van der Waals surface area contributed by atoms with Gasteiger partial charge in [0.15, 0.2) is 0 Å². The van der Waals surface area contributed by atoms with Crippen LogP contribution in [0.25, 0.3) is 11.1 Å². The van der Waals surface area contributed by atoms with Crippen LogP contribution in [0.4, 0.5) is 0 Å². The largest absolute Gasteiger partial charge is 0.481 e. The first-order valence-electron chi connectivity index (χ1n) is 12.7. The summed E-state index contributed by atoms with van der Waals surface area (Å²) in [6.45, 7) is 1.31. The maximum absolute atomic E-state index is 10.6. The van der Waals surface area contributed by atoms with Gasteiger partial charge in [-0.15, -0.1) is 0 Å². The summed E-state index contributed by atoms with van der Waals surface area (Å²) in [7, 11) is 0. The number of carbonyl (C=O) groups is 1. The first kappa shape index (κ1) is 26.5. The molecule has 190 valence electrons. The number of thiocarbonyl (C=S) groups is 2. The van der Waals surface area contributed by atoms with Gasteiger partial charge in [-0.3, -0.25) is 4.79 Å². The van der Waals surface area contributed by atoms with Crippen LogP contribution in [0.15, 0.2) is 66.7 Å². The topological polar surface area (TPSA) is 70.6 Å². The molecule has 2 saturated heterocycles. The van der Waals surface area contributed by atoms with Gasteiger partial charge >= 0.3 is 5.97 Å². The van der Waals surface area contributed by atoms with Gasteiger partial charge in [0.25, 0.3) is 0 Å². The molecule has 2 aliphatic rings. The smallest absolute Gasteiger partial charge is 0.303 e. The predicted octanol–water partition coefficient (Wildman–Crippen LogP) is 5.53. The van der Waals surface area contributed by atoms with E-state index in [0.717, 1.165) is 48.3 Å². The highest BCUT2D eigenvalue weighted by atomic mass is 32.1. The van der Waals surface area contributed by atoms with Gasteiger partial charge < -0.3 is 20.5 Å². The zero-order valence-corrected chi connectivity index (χ0v) is 22.0. The first-order chi connectivity index (χ1) is 17.5. The predicted molar refractivity (Wildman–Crippen MR) is 152 cm³/mol. The number of hydrogen-bond acceptors (Lipinski definition) is 4. The number of fused-ring (bicyclic) bond motifs is 2. The molecule has 0 unspecified atom stereocenters. The lowest BCUT2D eigenvalue weighted by Crippen LogP contribution is -2.41. The van der Waals surface area contributed by atoms with E-state index in [1.165, 1.54) is 5.56 Å². The molecule has 4 rings (SSSR count). The van der Waals surface area contributed by atoms with E-state index in [-0.39, 0.29) is 6.42 Å². The minimum atomic E-state index is -0.733. The SMILES string of the molecule is O=C(O)CCC/C=C\C[C@@H]1[C@H](CNC(=S)CNC(=S)c2ccc(-c3ccccc3)cc2)[C@@H]2CC[C@H]1O2. The third-order valence-corrected chi connectivity index (χ3v) is 7.79. The Morgan fingerprint density at radius 2 is 1.64 bits per heavy atom. The van der Waals surface area contributed by atoms with Crippen molar-refractivity contribution >= 4 is 40.4 Å². The summed E-state index contributed by atoms with van der Waals surface area (Å²) in [4.78, 5) is 12.1. The Kier molecular flexibility index (Phi) is 9.61. The Bertz CT molecular complexity index is 1070. The van der Waals surface area contributed by atoms with Crippen LogP contribution in [0.5, 0.6) is 0 Å². The summed E-state index contributed by atoms with van der Waals surface area (Å²) in [6, 6.07) is 18.5. The second-order valence-corrected chi connectivity index (χ2v) is 10.4. The van der Waals surface area contributed by atoms with Crippen molar-refractivity contribution in [1.82, 2.24) is 10.6 Å². The van der Waals surface area contributed by atoms with Crippen LogP contribution in [0.2, 0.25) is 0 Å². The van der Waals surface area contributed by atoms with Gasteiger partial charge in [0.1, 0.15) is 4.99 Å². The summed E-state index contributed by atoms with van der Waals surface area (Å²) in [5.41, 5.74) is 3.33. The number of carboxylic acid groups (broad SMARTS) is 1. The fourth-order valence-electron chi connectivity index (χ4n) is 5.22. The summed E-state index contributed by atoms with van der Waals surface area (Å²) < 4.78 is 6.21. The third-order valence-electron chi connectivity index (χ3n) is 7.13. The fraction of sp³-hybridized carbons (Fsp3) is 0.414. The molecule has 0 amide bonds. The monoisotopic (exact) mass is 522 g/mol. The molecular formula is C29H34N2O3S2. The molecule has 4 atom stereocenters. The molecule has 0 aromatic heterocycles. The normalized spacial score (nSPS) is 22.6. The van der Waals surface area contributed by atoms with Gasteiger partial charge in [-0.25, -0.2) is 0 Å². The van der Waals surface area contributed by atoms with E-state index in [1.807, 2.05) is 30.3 Å². The molecule has 0 aliphatic carbocycles. The van der Waals surface area contributed by atoms with Crippen molar-refractivity contribution in [2.45, 2.75) is 50.7 Å². The van der Waals surface area contributed by atoms with Crippen molar-refractivity contribution in [1.29, 1.82) is 0 Å². The molecule has 0 saturated carbocycles. The molecule has 2 aliphatic heterocycles. The van der Waals surface area contributed by atoms with Crippen LogP contribution in [0.1, 0.15) is 44.1 Å². The number of benzene rings is 2. The number of allylic oxidation sites excluding steroid dienone is 2. The van der Waals surface area contributed by atoms with Crippen molar-refractivity contribution in [3.05, 3.63) is 72.3 Å². The number of hydrogen-bond donors (Lipinski definition) is 3. The number of rotatable bonds is 12. The molecule has 2 heterocycles. The van der Waals surface area contributed by atoms with Gasteiger partial charge in [0.2, 0.25) is 0 Å². The van der Waals surface area contributed by atoms with Crippen molar-refractivity contribution in [2.75, 3.05) is 13.1 Å². The second kappa shape index (κ2) is 13.1. The van der Waals surface area contributed by atoms with E-state index in [4.69, 9.17) is 34.3 Å². The summed E-state index contributed by atoms with van der Waals surface area (Å²) in [5.74, 6) is 0.179. The van der Waals surface area contributed by atoms with Crippen molar-refractivity contribution in [2.24, 2.45) is 11.8 Å². The lowest BCUT2D eigenvalue weighted by molar-refractivity contribution is -0.137. The second-order valence-electron chi connectivity index (χ2n) is 9.54. The average Bonchev–Trinajstić information content (AvgIpc) is 3.50. The highest BCUT2D eigenvalue weighted by molar-refractivity contribution is 7.81. The summed E-state index contributed by atoms with van der Waals surface area (Å²) >= 11 is 11.2. The summed E-state index contributed by atoms with van der Waals surface area (Å²) in [6.07, 6.45) is 9.86. The maximum atomic E-state index is 10.6. The molecule has 2 aromatic carbocycles. The molecule has 2 bridgehead atoms. The van der Waals surface area contributed by atoms with Crippen LogP contribution in [-0.2, 0) is 9.53 Å². The van der Waals surface area contributed by atoms with Crippen LogP contribution < -0.4 is 10.6 Å². The van der Waals surface area contributed by atoms with E-state index in [9.17, 15) is 4.79 Å². The van der Waals surface area contributed by atoms with Gasteiger partial charge in [0.05, 0.1) is 23.7 Å². The lowest BCUT2D eigenvalue weighted by atomic mass is 9.77. The Labute approximate surface area is 224 Å². The molecule has 5 nitrogen and oxygen atoms in total. The highest BCUT2D eigenvalue weighted by Crippen LogP contribution is 2.44. The molecule has 2 fully saturated rings. The number of unbranched alkanes of at least 4 members (excludes halogenated alkanes) is 1. The van der Waals surface area contributed by atoms with Crippen LogP contribution >= 0.6 is 24.4 Å². The number of nitrogens with one attached hydrogen (secondary N) is 2. The minimum absolute atomic E-state index is 0.224. The van der Waals surface area contributed by atoms with E-state index in [0.29, 0.717) is 42.0 Å². The molecule has 0 spiro atoms. The molecule has 0 radical (unpaired) electrons. The molecule has 2 aromatic rings. The number of carboxylic acids is 1. The van der Waals surface area contributed by atoms with Crippen molar-refractivity contribution < 1.29 is 14.6 Å². The number of aliphatic carboxylic acids is 1. The summed E-state index contributed by atoms with van der Waals surface area (Å²) in [5, 5.41) is 15.5. The standard InChI is InChI=1S/C29H34N2O3S2/c32-28(33)11-7-2-1-6-10-23-24(26-17-16-25(23)34-26)18-30-27(35)19-31-29(36)22-14-12-21(13-15-22)20-8-4-3-5-9-20/h1,3-6,8-9,12-15,23-26H,2,7,10-11,16-19H2,(H,30,35)(H,31,36)(H,32,33)/b6-1-/t23-,24+,25-,26+/m1/s1. The van der Waals surface area contributed by atoms with Crippen LogP contribution in [-0.4, -0.2) is 46.4 Å². The Morgan fingerprint density at radius 1 is 0.944 bits per heavy atom. The van der Waals surface area contributed by atoms with Crippen LogP contribution in [0, 0.1) is 11.8 Å². The Hall–Kier alpha value is -2.61. The van der Waals surface area contributed by atoms with E-state index in [1.54, 1.807) is 0 Å². The Balaban J connectivity index is 1.20. The maximum Gasteiger partial charge on any atom is 0.303 e. The van der Waals surface area contributed by atoms with Crippen LogP contribution in [0.3, 0.4) is 0 Å². The molecule has 3 N–H and O–H groups in total. The zero-order chi connectivity index (χ0) is 25.3. The van der Waals surface area contributed by atoms with Crippen molar-refractivity contribution in [3.8, 4) is 11.1 Å². The van der Waals surface area contributed by atoms with Gasteiger partial charge in [-0.05, 0) is 49.1 Å². The van der Waals surface area contributed by atoms with Crippen molar-refractivity contribution in [3.63, 3.8) is 0 Å². The fourth-order valence-corrected chi connectivity index (χ4v) is 5.59. The third kappa shape index (κ3) is 7.21. The van der Waals surface area contributed by atoms with Gasteiger partial charge in [0, 0.05) is 24.4 Å². The van der Waals surface area contributed by atoms with Gasteiger partial charge in [-0.1, -0.05) is 91.2 Å². The quantitative estimate of drug-likeness (QED) is 0.192. The Morgan fingerprint density at radius 3 is 2.36 bits per heavy atom. The molecule has 7 heteroatoms. The lowest BCUT2D eigenvalue weighted by Gasteiger charge is -2.28. The number of ether oxygens (including phenoxy) is 1.